The Morgan fingerprint density at radius 2 is 2.38 bits per heavy atom. The molecule has 2 rings (SSSR count). The Balaban J connectivity index is 2.02. The summed E-state index contributed by atoms with van der Waals surface area (Å²) in [6.45, 7) is 1.01. The van der Waals surface area contributed by atoms with E-state index in [1.54, 1.807) is 13.2 Å². The Hall–Kier alpha value is -1.16. The molecule has 1 aromatic heterocycles. The molecule has 0 saturated carbocycles. The van der Waals surface area contributed by atoms with E-state index in [9.17, 15) is 14.3 Å². The number of amides is 1. The maximum absolute atomic E-state index is 13.6. The van der Waals surface area contributed by atoms with Crippen molar-refractivity contribution in [3.8, 4) is 5.75 Å². The highest BCUT2D eigenvalue weighted by Crippen LogP contribution is 2.27. The molecule has 1 N–H and O–H groups in total. The first-order chi connectivity index (χ1) is 10.0. The number of carbonyl (C=O) groups is 1. The number of nitrogens with zero attached hydrogens (tertiary/aromatic N) is 2. The number of ether oxygens (including phenoxy) is 2. The molecule has 1 aliphatic heterocycles. The van der Waals surface area contributed by atoms with Crippen LogP contribution in [0.3, 0.4) is 0 Å². The Kier molecular flexibility index (Phi) is 5.57. The number of likely N-dealkylation sites (tertiary alicyclic amines) is 1. The van der Waals surface area contributed by atoms with Gasteiger partial charge in [0.05, 0.1) is 16.2 Å². The van der Waals surface area contributed by atoms with Crippen molar-refractivity contribution in [1.82, 2.24) is 9.88 Å². The van der Waals surface area contributed by atoms with Crippen molar-refractivity contribution < 1.29 is 23.8 Å². The summed E-state index contributed by atoms with van der Waals surface area (Å²) in [5.41, 5.74) is 0. The molecule has 1 aliphatic rings. The first-order valence-corrected chi connectivity index (χ1v) is 7.52. The lowest BCUT2D eigenvalue weighted by molar-refractivity contribution is 0.119. The van der Waals surface area contributed by atoms with E-state index in [0.29, 0.717) is 23.1 Å². The predicted octanol–water partition coefficient (Wildman–Crippen LogP) is 2.22. The van der Waals surface area contributed by atoms with Crippen LogP contribution in [0, 0.1) is 15.4 Å². The molecule has 1 unspecified atom stereocenters. The van der Waals surface area contributed by atoms with Gasteiger partial charge in [0, 0.05) is 25.8 Å². The Labute approximate surface area is 135 Å². The van der Waals surface area contributed by atoms with E-state index in [-0.39, 0.29) is 24.3 Å². The minimum atomic E-state index is -0.997. The first kappa shape index (κ1) is 16.2. The third kappa shape index (κ3) is 3.94. The third-order valence-corrected chi connectivity index (χ3v) is 4.23. The normalized spacial score (nSPS) is 21.6. The van der Waals surface area contributed by atoms with Crippen molar-refractivity contribution in [3.63, 3.8) is 0 Å². The van der Waals surface area contributed by atoms with E-state index in [1.807, 2.05) is 22.6 Å². The zero-order valence-corrected chi connectivity index (χ0v) is 13.6. The molecule has 6 nitrogen and oxygen atoms in total. The molecule has 8 heteroatoms. The first-order valence-electron chi connectivity index (χ1n) is 6.44. The highest BCUT2D eigenvalue weighted by molar-refractivity contribution is 14.1. The highest BCUT2D eigenvalue weighted by Gasteiger charge is 2.35. The number of methoxy groups -OCH3 is 1. The van der Waals surface area contributed by atoms with Crippen molar-refractivity contribution in [2.24, 2.45) is 5.92 Å². The monoisotopic (exact) mass is 410 g/mol. The zero-order valence-electron chi connectivity index (χ0n) is 11.5. The fraction of sp³-hybridized carbons (Fsp3) is 0.538. The van der Waals surface area contributed by atoms with Crippen molar-refractivity contribution >= 4 is 28.7 Å². The molecule has 21 heavy (non-hydrogen) atoms. The lowest BCUT2D eigenvalue weighted by Gasteiger charge is -2.21. The summed E-state index contributed by atoms with van der Waals surface area (Å²) in [6, 6.07) is 1.33. The molecular formula is C13H16FIN2O4. The molecule has 1 fully saturated rings. The van der Waals surface area contributed by atoms with E-state index in [4.69, 9.17) is 9.47 Å². The summed E-state index contributed by atoms with van der Waals surface area (Å²) in [6.07, 6.45) is 1.000. The second-order valence-corrected chi connectivity index (χ2v) is 6.03. The number of rotatable bonds is 5. The van der Waals surface area contributed by atoms with Crippen molar-refractivity contribution in [3.05, 3.63) is 21.8 Å². The smallest absolute Gasteiger partial charge is 0.407 e. The maximum atomic E-state index is 13.6. The van der Waals surface area contributed by atoms with Crippen LogP contribution in [-0.4, -0.2) is 54.0 Å². The lowest BCUT2D eigenvalue weighted by Crippen LogP contribution is -2.38. The largest absolute Gasteiger partial charge is 0.486 e. The van der Waals surface area contributed by atoms with Gasteiger partial charge >= 0.3 is 6.09 Å². The molecule has 0 spiro atoms. The Morgan fingerprint density at radius 3 is 3.00 bits per heavy atom. The lowest BCUT2D eigenvalue weighted by atomic mass is 10.1. The molecular weight excluding hydrogens is 394 g/mol. The summed E-state index contributed by atoms with van der Waals surface area (Å²) in [5.74, 6) is -0.480. The van der Waals surface area contributed by atoms with Gasteiger partial charge in [0.2, 0.25) is 0 Å². The highest BCUT2D eigenvalue weighted by atomic mass is 127. The molecule has 0 aromatic carbocycles. The van der Waals surface area contributed by atoms with Gasteiger partial charge in [0.15, 0.2) is 5.75 Å². The van der Waals surface area contributed by atoms with Crippen LogP contribution in [-0.2, 0) is 4.74 Å². The zero-order chi connectivity index (χ0) is 15.4. The standard InChI is InChI=1S/C13H16FIN2O4/c1-20-6-8-4-9(17(5-8)13(18)19)7-21-11-10(15)2-3-16-12(11)14/h2-3,8-9H,4-7H2,1H3,(H,18,19)/t8?,9-/m0/s1. The van der Waals surface area contributed by atoms with Gasteiger partial charge in [0.25, 0.3) is 5.95 Å². The van der Waals surface area contributed by atoms with Gasteiger partial charge in [-0.2, -0.15) is 4.39 Å². The van der Waals surface area contributed by atoms with Gasteiger partial charge in [-0.3, -0.25) is 0 Å². The molecule has 0 radical (unpaired) electrons. The Bertz CT molecular complexity index is 497. The Morgan fingerprint density at radius 1 is 1.62 bits per heavy atom. The second-order valence-electron chi connectivity index (χ2n) is 4.87. The predicted molar refractivity (Wildman–Crippen MR) is 80.9 cm³/mol. The minimum Gasteiger partial charge on any atom is -0.486 e. The summed E-state index contributed by atoms with van der Waals surface area (Å²) in [4.78, 5) is 16.1. The van der Waals surface area contributed by atoms with Crippen LogP contribution in [0.2, 0.25) is 0 Å². The number of hydrogen-bond donors (Lipinski definition) is 1. The maximum Gasteiger partial charge on any atom is 0.407 e. The van der Waals surface area contributed by atoms with Gasteiger partial charge in [-0.05, 0) is 35.1 Å². The number of halogens is 2. The minimum absolute atomic E-state index is 0.0682. The van der Waals surface area contributed by atoms with Gasteiger partial charge in [-0.1, -0.05) is 0 Å². The average molecular weight is 410 g/mol. The molecule has 0 aliphatic carbocycles. The molecule has 2 heterocycles. The number of carboxylic acid groups (broad SMARTS) is 1. The summed E-state index contributed by atoms with van der Waals surface area (Å²) in [7, 11) is 1.59. The fourth-order valence-corrected chi connectivity index (χ4v) is 3.01. The van der Waals surface area contributed by atoms with Crippen LogP contribution in [0.4, 0.5) is 9.18 Å². The summed E-state index contributed by atoms with van der Waals surface area (Å²) in [5, 5.41) is 9.22. The number of pyridine rings is 1. The average Bonchev–Trinajstić information content (AvgIpc) is 2.82. The quantitative estimate of drug-likeness (QED) is 0.596. The van der Waals surface area contributed by atoms with Crippen LogP contribution in [0.25, 0.3) is 0 Å². The van der Waals surface area contributed by atoms with Crippen molar-refractivity contribution in [1.29, 1.82) is 0 Å². The van der Waals surface area contributed by atoms with Crippen LogP contribution in [0.5, 0.6) is 5.75 Å². The van der Waals surface area contributed by atoms with E-state index in [0.717, 1.165) is 0 Å². The molecule has 2 atom stereocenters. The van der Waals surface area contributed by atoms with Crippen LogP contribution < -0.4 is 4.74 Å². The van der Waals surface area contributed by atoms with Gasteiger partial charge in [0.1, 0.15) is 6.61 Å². The molecule has 0 bridgehead atoms. The van der Waals surface area contributed by atoms with Crippen LogP contribution in [0.15, 0.2) is 12.3 Å². The van der Waals surface area contributed by atoms with Gasteiger partial charge < -0.3 is 19.5 Å². The van der Waals surface area contributed by atoms with Gasteiger partial charge in [-0.25, -0.2) is 9.78 Å². The topological polar surface area (TPSA) is 71.9 Å². The third-order valence-electron chi connectivity index (χ3n) is 3.38. The summed E-state index contributed by atoms with van der Waals surface area (Å²) >= 11 is 1.95. The molecule has 1 saturated heterocycles. The van der Waals surface area contributed by atoms with E-state index in [1.165, 1.54) is 11.1 Å². The van der Waals surface area contributed by atoms with Crippen molar-refractivity contribution in [2.45, 2.75) is 12.5 Å². The summed E-state index contributed by atoms with van der Waals surface area (Å²) < 4.78 is 24.7. The molecule has 116 valence electrons. The van der Waals surface area contributed by atoms with Crippen molar-refractivity contribution in [2.75, 3.05) is 26.9 Å². The van der Waals surface area contributed by atoms with Crippen LogP contribution in [0.1, 0.15) is 6.42 Å². The second kappa shape index (κ2) is 7.21. The fourth-order valence-electron chi connectivity index (χ4n) is 2.47. The SMILES string of the molecule is COCC1C[C@@H](COc2c(I)ccnc2F)N(C(=O)O)C1. The van der Waals surface area contributed by atoms with E-state index in [2.05, 4.69) is 4.98 Å². The molecule has 1 aromatic rings. The van der Waals surface area contributed by atoms with E-state index >= 15 is 0 Å². The van der Waals surface area contributed by atoms with Crippen LogP contribution >= 0.6 is 22.6 Å². The number of hydrogen-bond acceptors (Lipinski definition) is 4. The van der Waals surface area contributed by atoms with Gasteiger partial charge in [-0.15, -0.1) is 0 Å². The molecule has 1 amide bonds. The number of aromatic nitrogens is 1. The van der Waals surface area contributed by atoms with E-state index < -0.39 is 12.0 Å².